The zero-order chi connectivity index (χ0) is 17.9. The van der Waals surface area contributed by atoms with Crippen LogP contribution in [0.4, 0.5) is 0 Å². The van der Waals surface area contributed by atoms with Crippen molar-refractivity contribution in [3.05, 3.63) is 70.1 Å². The Bertz CT molecular complexity index is 880. The third-order valence-corrected chi connectivity index (χ3v) is 6.29. The highest BCUT2D eigenvalue weighted by Gasteiger charge is 2.32. The Morgan fingerprint density at radius 2 is 1.88 bits per heavy atom. The molecule has 1 aliphatic rings. The molecule has 0 spiro atoms. The number of sulfonamides is 1. The summed E-state index contributed by atoms with van der Waals surface area (Å²) < 4.78 is 32.1. The lowest BCUT2D eigenvalue weighted by atomic mass is 9.97. The predicted octanol–water partition coefficient (Wildman–Crippen LogP) is 4.14. The highest BCUT2D eigenvalue weighted by Crippen LogP contribution is 2.34. The SMILES string of the molecule is COc1ccccc1C1CCN(S(=O)(=O)/C=C/c2ccccc2Cl)C1. The number of para-hydroxylation sites is 1. The monoisotopic (exact) mass is 377 g/mol. The summed E-state index contributed by atoms with van der Waals surface area (Å²) in [5, 5.41) is 1.76. The largest absolute Gasteiger partial charge is 0.496 e. The number of nitrogens with zero attached hydrogens (tertiary/aromatic N) is 1. The van der Waals surface area contributed by atoms with E-state index in [2.05, 4.69) is 0 Å². The van der Waals surface area contributed by atoms with Crippen LogP contribution in [0.15, 0.2) is 53.9 Å². The summed E-state index contributed by atoms with van der Waals surface area (Å²) in [5.41, 5.74) is 1.74. The molecule has 0 N–H and O–H groups in total. The highest BCUT2D eigenvalue weighted by molar-refractivity contribution is 7.92. The number of benzene rings is 2. The van der Waals surface area contributed by atoms with E-state index in [4.69, 9.17) is 16.3 Å². The van der Waals surface area contributed by atoms with E-state index in [-0.39, 0.29) is 5.92 Å². The van der Waals surface area contributed by atoms with Crippen LogP contribution in [0.3, 0.4) is 0 Å². The first-order chi connectivity index (χ1) is 12.0. The maximum atomic E-state index is 12.6. The summed E-state index contributed by atoms with van der Waals surface area (Å²) in [6.07, 6.45) is 2.33. The fourth-order valence-electron chi connectivity index (χ4n) is 3.07. The standard InChI is InChI=1S/C19H20ClNO3S/c1-24-19-9-5-3-7-17(19)16-10-12-21(14-16)25(22,23)13-11-15-6-2-4-8-18(15)20/h2-9,11,13,16H,10,12,14H2,1H3/b13-11+. The number of rotatable bonds is 5. The van der Waals surface area contributed by atoms with Crippen LogP contribution in [0.5, 0.6) is 5.75 Å². The van der Waals surface area contributed by atoms with Crippen molar-refractivity contribution in [3.8, 4) is 5.75 Å². The van der Waals surface area contributed by atoms with Crippen LogP contribution in [-0.2, 0) is 10.0 Å². The summed E-state index contributed by atoms with van der Waals surface area (Å²) in [7, 11) is -1.85. The summed E-state index contributed by atoms with van der Waals surface area (Å²) in [4.78, 5) is 0. The zero-order valence-electron chi connectivity index (χ0n) is 13.9. The van der Waals surface area contributed by atoms with Crippen molar-refractivity contribution >= 4 is 27.7 Å². The molecule has 1 atom stereocenters. The van der Waals surface area contributed by atoms with Crippen molar-refractivity contribution in [1.29, 1.82) is 0 Å². The van der Waals surface area contributed by atoms with Crippen LogP contribution >= 0.6 is 11.6 Å². The minimum atomic E-state index is -3.48. The van der Waals surface area contributed by atoms with Crippen molar-refractivity contribution in [1.82, 2.24) is 4.31 Å². The molecule has 0 aliphatic carbocycles. The van der Waals surface area contributed by atoms with Gasteiger partial charge in [-0.05, 0) is 35.8 Å². The molecular weight excluding hydrogens is 358 g/mol. The smallest absolute Gasteiger partial charge is 0.236 e. The first-order valence-electron chi connectivity index (χ1n) is 8.07. The van der Waals surface area contributed by atoms with Gasteiger partial charge < -0.3 is 4.74 Å². The summed E-state index contributed by atoms with van der Waals surface area (Å²) in [5.74, 6) is 0.943. The highest BCUT2D eigenvalue weighted by atomic mass is 35.5. The molecule has 2 aromatic rings. The molecule has 3 rings (SSSR count). The molecule has 1 aliphatic heterocycles. The number of halogens is 1. The average Bonchev–Trinajstić information content (AvgIpc) is 3.12. The number of methoxy groups -OCH3 is 1. The second-order valence-corrected chi connectivity index (χ2v) is 8.18. The van der Waals surface area contributed by atoms with Crippen LogP contribution in [0.25, 0.3) is 6.08 Å². The van der Waals surface area contributed by atoms with Crippen molar-refractivity contribution in [2.45, 2.75) is 12.3 Å². The molecule has 1 unspecified atom stereocenters. The van der Waals surface area contributed by atoms with Crippen LogP contribution < -0.4 is 4.74 Å². The zero-order valence-corrected chi connectivity index (χ0v) is 15.5. The molecule has 0 radical (unpaired) electrons. The van der Waals surface area contributed by atoms with E-state index in [1.807, 2.05) is 36.4 Å². The van der Waals surface area contributed by atoms with Gasteiger partial charge in [-0.15, -0.1) is 0 Å². The van der Waals surface area contributed by atoms with Crippen LogP contribution in [0, 0.1) is 0 Å². The maximum Gasteiger partial charge on any atom is 0.236 e. The Labute approximate surface area is 153 Å². The third kappa shape index (κ3) is 4.06. The molecule has 6 heteroatoms. The molecule has 2 aromatic carbocycles. The summed E-state index contributed by atoms with van der Waals surface area (Å²) in [6, 6.07) is 14.9. The van der Waals surface area contributed by atoms with Crippen molar-refractivity contribution < 1.29 is 13.2 Å². The molecule has 0 bridgehead atoms. The van der Waals surface area contributed by atoms with Gasteiger partial charge in [0.05, 0.1) is 7.11 Å². The van der Waals surface area contributed by atoms with Gasteiger partial charge in [0.1, 0.15) is 5.75 Å². The fraction of sp³-hybridized carbons (Fsp3) is 0.263. The molecule has 0 aromatic heterocycles. The average molecular weight is 378 g/mol. The van der Waals surface area contributed by atoms with Gasteiger partial charge in [0.25, 0.3) is 0 Å². The van der Waals surface area contributed by atoms with E-state index in [0.717, 1.165) is 17.7 Å². The molecule has 1 heterocycles. The minimum absolute atomic E-state index is 0.139. The van der Waals surface area contributed by atoms with E-state index in [1.54, 1.807) is 25.3 Å². The van der Waals surface area contributed by atoms with E-state index in [0.29, 0.717) is 23.7 Å². The van der Waals surface area contributed by atoms with Gasteiger partial charge in [-0.25, -0.2) is 8.42 Å². The van der Waals surface area contributed by atoms with E-state index >= 15 is 0 Å². The van der Waals surface area contributed by atoms with E-state index < -0.39 is 10.0 Å². The Balaban J connectivity index is 1.76. The van der Waals surface area contributed by atoms with Crippen LogP contribution in [0.1, 0.15) is 23.5 Å². The second-order valence-electron chi connectivity index (χ2n) is 5.95. The topological polar surface area (TPSA) is 46.6 Å². The summed E-state index contributed by atoms with van der Waals surface area (Å²) >= 11 is 6.08. The number of ether oxygens (including phenoxy) is 1. The van der Waals surface area contributed by atoms with Gasteiger partial charge in [-0.1, -0.05) is 48.0 Å². The predicted molar refractivity (Wildman–Crippen MR) is 101 cm³/mol. The Hall–Kier alpha value is -1.82. The maximum absolute atomic E-state index is 12.6. The van der Waals surface area contributed by atoms with E-state index in [1.165, 1.54) is 9.71 Å². The molecule has 1 fully saturated rings. The molecule has 1 saturated heterocycles. The van der Waals surface area contributed by atoms with Crippen molar-refractivity contribution in [2.75, 3.05) is 20.2 Å². The lowest BCUT2D eigenvalue weighted by Gasteiger charge is -2.16. The molecule has 0 saturated carbocycles. The van der Waals surface area contributed by atoms with E-state index in [9.17, 15) is 8.42 Å². The fourth-order valence-corrected chi connectivity index (χ4v) is 4.51. The quantitative estimate of drug-likeness (QED) is 0.786. The summed E-state index contributed by atoms with van der Waals surface area (Å²) in [6.45, 7) is 0.952. The van der Waals surface area contributed by atoms with Gasteiger partial charge in [-0.2, -0.15) is 4.31 Å². The number of hydrogen-bond acceptors (Lipinski definition) is 3. The first kappa shape index (κ1) is 18.0. The second kappa shape index (κ2) is 7.60. The Morgan fingerprint density at radius 1 is 1.16 bits per heavy atom. The lowest BCUT2D eigenvalue weighted by Crippen LogP contribution is -2.26. The molecule has 4 nitrogen and oxygen atoms in total. The van der Waals surface area contributed by atoms with Crippen molar-refractivity contribution in [2.24, 2.45) is 0 Å². The van der Waals surface area contributed by atoms with Crippen LogP contribution in [-0.4, -0.2) is 32.9 Å². The van der Waals surface area contributed by atoms with Gasteiger partial charge in [0.2, 0.25) is 10.0 Å². The molecule has 25 heavy (non-hydrogen) atoms. The number of hydrogen-bond donors (Lipinski definition) is 0. The van der Waals surface area contributed by atoms with Crippen LogP contribution in [0.2, 0.25) is 5.02 Å². The minimum Gasteiger partial charge on any atom is -0.496 e. The van der Waals surface area contributed by atoms with Gasteiger partial charge >= 0.3 is 0 Å². The third-order valence-electron chi connectivity index (χ3n) is 4.41. The van der Waals surface area contributed by atoms with Gasteiger partial charge in [-0.3, -0.25) is 0 Å². The van der Waals surface area contributed by atoms with Gasteiger partial charge in [0, 0.05) is 29.4 Å². The lowest BCUT2D eigenvalue weighted by molar-refractivity contribution is 0.405. The first-order valence-corrected chi connectivity index (χ1v) is 9.95. The normalized spacial score (nSPS) is 18.7. The molecule has 132 valence electrons. The molecular formula is C19H20ClNO3S. The van der Waals surface area contributed by atoms with Gasteiger partial charge in [0.15, 0.2) is 0 Å². The Morgan fingerprint density at radius 3 is 2.64 bits per heavy atom. The Kier molecular flexibility index (Phi) is 5.47. The van der Waals surface area contributed by atoms with Crippen molar-refractivity contribution in [3.63, 3.8) is 0 Å². The molecule has 0 amide bonds.